The monoisotopic (exact) mass is 266 g/mol. The smallest absolute Gasteiger partial charge is 0.268 e. The standard InChI is InChI=1S/C12H18N4OS/c1-16(2)6-3-5-13-8-10-14-9-4-7-18-11(9)12(17)15-10/h4,7,13H,3,5-6,8H2,1-2H3,(H,14,15,17). The van der Waals surface area contributed by atoms with Crippen molar-refractivity contribution >= 4 is 21.6 Å². The van der Waals surface area contributed by atoms with Crippen LogP contribution in [0.1, 0.15) is 12.2 Å². The van der Waals surface area contributed by atoms with Crippen LogP contribution in [0.25, 0.3) is 10.2 Å². The Morgan fingerprint density at radius 1 is 1.50 bits per heavy atom. The predicted octanol–water partition coefficient (Wildman–Crippen LogP) is 1.03. The third-order valence-corrected chi connectivity index (χ3v) is 3.52. The summed E-state index contributed by atoms with van der Waals surface area (Å²) in [5, 5.41) is 5.18. The van der Waals surface area contributed by atoms with Gasteiger partial charge in [-0.2, -0.15) is 0 Å². The fourth-order valence-electron chi connectivity index (χ4n) is 1.73. The molecule has 0 radical (unpaired) electrons. The number of aromatic nitrogens is 2. The number of hydrogen-bond donors (Lipinski definition) is 2. The van der Waals surface area contributed by atoms with Gasteiger partial charge in [-0.1, -0.05) is 0 Å². The fraction of sp³-hybridized carbons (Fsp3) is 0.500. The predicted molar refractivity (Wildman–Crippen MR) is 75.1 cm³/mol. The molecule has 0 amide bonds. The van der Waals surface area contributed by atoms with E-state index in [4.69, 9.17) is 0 Å². The van der Waals surface area contributed by atoms with E-state index in [1.165, 1.54) is 11.3 Å². The second kappa shape index (κ2) is 6.08. The number of aromatic amines is 1. The van der Waals surface area contributed by atoms with E-state index in [0.717, 1.165) is 25.0 Å². The van der Waals surface area contributed by atoms with Crippen LogP contribution in [0.5, 0.6) is 0 Å². The molecule has 0 atom stereocenters. The molecule has 0 saturated heterocycles. The van der Waals surface area contributed by atoms with E-state index in [1.54, 1.807) is 0 Å². The van der Waals surface area contributed by atoms with Gasteiger partial charge in [0.2, 0.25) is 0 Å². The van der Waals surface area contributed by atoms with Crippen LogP contribution >= 0.6 is 11.3 Å². The van der Waals surface area contributed by atoms with Crippen LogP contribution in [-0.4, -0.2) is 42.1 Å². The van der Waals surface area contributed by atoms with Crippen LogP contribution in [0.4, 0.5) is 0 Å². The van der Waals surface area contributed by atoms with Crippen molar-refractivity contribution in [2.75, 3.05) is 27.2 Å². The van der Waals surface area contributed by atoms with Gasteiger partial charge in [-0.25, -0.2) is 4.98 Å². The van der Waals surface area contributed by atoms with E-state index in [1.807, 2.05) is 11.4 Å². The highest BCUT2D eigenvalue weighted by atomic mass is 32.1. The topological polar surface area (TPSA) is 61.0 Å². The third kappa shape index (κ3) is 3.38. The minimum Gasteiger partial charge on any atom is -0.310 e. The van der Waals surface area contributed by atoms with Crippen molar-refractivity contribution in [3.8, 4) is 0 Å². The highest BCUT2D eigenvalue weighted by Gasteiger charge is 2.04. The van der Waals surface area contributed by atoms with E-state index in [-0.39, 0.29) is 5.56 Å². The Kier molecular flexibility index (Phi) is 4.46. The quantitative estimate of drug-likeness (QED) is 0.767. The SMILES string of the molecule is CN(C)CCCNCc1nc2ccsc2c(=O)[nH]1. The maximum absolute atomic E-state index is 11.7. The van der Waals surface area contributed by atoms with Gasteiger partial charge in [-0.15, -0.1) is 11.3 Å². The van der Waals surface area contributed by atoms with Gasteiger partial charge in [0.05, 0.1) is 12.1 Å². The molecule has 6 heteroatoms. The third-order valence-electron chi connectivity index (χ3n) is 2.62. The lowest BCUT2D eigenvalue weighted by atomic mass is 10.4. The van der Waals surface area contributed by atoms with Crippen LogP contribution in [0.15, 0.2) is 16.2 Å². The lowest BCUT2D eigenvalue weighted by molar-refractivity contribution is 0.394. The lowest BCUT2D eigenvalue weighted by Gasteiger charge is -2.09. The van der Waals surface area contributed by atoms with E-state index in [9.17, 15) is 4.79 Å². The van der Waals surface area contributed by atoms with Gasteiger partial charge >= 0.3 is 0 Å². The second-order valence-corrected chi connectivity index (χ2v) is 5.40. The molecule has 0 unspecified atom stereocenters. The maximum Gasteiger partial charge on any atom is 0.268 e. The minimum atomic E-state index is -0.0416. The van der Waals surface area contributed by atoms with Gasteiger partial charge in [0, 0.05) is 0 Å². The number of nitrogens with one attached hydrogen (secondary N) is 2. The van der Waals surface area contributed by atoms with Crippen LogP contribution in [0, 0.1) is 0 Å². The average molecular weight is 266 g/mol. The van der Waals surface area contributed by atoms with Crippen LogP contribution in [0.3, 0.4) is 0 Å². The summed E-state index contributed by atoms with van der Waals surface area (Å²) >= 11 is 1.43. The molecular formula is C12H18N4OS. The zero-order valence-electron chi connectivity index (χ0n) is 10.7. The molecular weight excluding hydrogens is 248 g/mol. The molecule has 2 aromatic heterocycles. The van der Waals surface area contributed by atoms with Crippen LogP contribution < -0.4 is 10.9 Å². The van der Waals surface area contributed by atoms with Crippen LogP contribution in [0.2, 0.25) is 0 Å². The first-order chi connectivity index (χ1) is 8.66. The maximum atomic E-state index is 11.7. The Hall–Kier alpha value is -1.24. The molecule has 2 rings (SSSR count). The second-order valence-electron chi connectivity index (χ2n) is 4.48. The van der Waals surface area contributed by atoms with Crippen molar-refractivity contribution in [3.05, 3.63) is 27.6 Å². The van der Waals surface area contributed by atoms with Crippen molar-refractivity contribution < 1.29 is 0 Å². The fourth-order valence-corrected chi connectivity index (χ4v) is 2.46. The van der Waals surface area contributed by atoms with Crippen molar-refractivity contribution in [2.45, 2.75) is 13.0 Å². The van der Waals surface area contributed by atoms with Gasteiger partial charge in [0.1, 0.15) is 10.5 Å². The molecule has 0 spiro atoms. The molecule has 0 saturated carbocycles. The molecule has 2 N–H and O–H groups in total. The summed E-state index contributed by atoms with van der Waals surface area (Å²) in [6.07, 6.45) is 1.08. The van der Waals surface area contributed by atoms with Crippen molar-refractivity contribution in [1.29, 1.82) is 0 Å². The molecule has 98 valence electrons. The van der Waals surface area contributed by atoms with E-state index in [2.05, 4.69) is 34.3 Å². The normalized spacial score (nSPS) is 11.5. The highest BCUT2D eigenvalue weighted by Crippen LogP contribution is 2.13. The number of H-pyrrole nitrogens is 1. The number of fused-ring (bicyclic) bond motifs is 1. The Morgan fingerprint density at radius 2 is 2.33 bits per heavy atom. The molecule has 18 heavy (non-hydrogen) atoms. The summed E-state index contributed by atoms with van der Waals surface area (Å²) in [7, 11) is 4.12. The van der Waals surface area contributed by atoms with Gasteiger partial charge < -0.3 is 15.2 Å². The number of thiophene rings is 1. The largest absolute Gasteiger partial charge is 0.310 e. The molecule has 5 nitrogen and oxygen atoms in total. The summed E-state index contributed by atoms with van der Waals surface area (Å²) < 4.78 is 0.700. The summed E-state index contributed by atoms with van der Waals surface area (Å²) in [6.45, 7) is 2.58. The summed E-state index contributed by atoms with van der Waals surface area (Å²) in [4.78, 5) is 21.1. The summed E-state index contributed by atoms with van der Waals surface area (Å²) in [6, 6.07) is 1.88. The Labute approximate surface area is 110 Å². The zero-order chi connectivity index (χ0) is 13.0. The van der Waals surface area contributed by atoms with E-state index >= 15 is 0 Å². The minimum absolute atomic E-state index is 0.0416. The Balaban J connectivity index is 1.90. The molecule has 2 heterocycles. The molecule has 0 aliphatic carbocycles. The summed E-state index contributed by atoms with van der Waals surface area (Å²) in [5.41, 5.74) is 0.744. The highest BCUT2D eigenvalue weighted by molar-refractivity contribution is 7.17. The first kappa shape index (κ1) is 13.2. The molecule has 2 aromatic rings. The van der Waals surface area contributed by atoms with Crippen molar-refractivity contribution in [1.82, 2.24) is 20.2 Å². The molecule has 0 aromatic carbocycles. The summed E-state index contributed by atoms with van der Waals surface area (Å²) in [5.74, 6) is 0.704. The number of nitrogens with zero attached hydrogens (tertiary/aromatic N) is 2. The van der Waals surface area contributed by atoms with E-state index < -0.39 is 0 Å². The Morgan fingerprint density at radius 3 is 3.11 bits per heavy atom. The lowest BCUT2D eigenvalue weighted by Crippen LogP contribution is -2.23. The van der Waals surface area contributed by atoms with Crippen molar-refractivity contribution in [3.63, 3.8) is 0 Å². The van der Waals surface area contributed by atoms with Gasteiger partial charge in [-0.05, 0) is 45.1 Å². The first-order valence-electron chi connectivity index (χ1n) is 5.98. The average Bonchev–Trinajstić information content (AvgIpc) is 2.77. The van der Waals surface area contributed by atoms with Crippen LogP contribution in [-0.2, 0) is 6.54 Å². The van der Waals surface area contributed by atoms with Gasteiger partial charge in [0.25, 0.3) is 5.56 Å². The van der Waals surface area contributed by atoms with Gasteiger partial charge in [0.15, 0.2) is 0 Å². The first-order valence-corrected chi connectivity index (χ1v) is 6.86. The van der Waals surface area contributed by atoms with Gasteiger partial charge in [-0.3, -0.25) is 4.79 Å². The van der Waals surface area contributed by atoms with E-state index in [0.29, 0.717) is 17.1 Å². The molecule has 0 fully saturated rings. The number of rotatable bonds is 6. The van der Waals surface area contributed by atoms with Crippen molar-refractivity contribution in [2.24, 2.45) is 0 Å². The molecule has 0 aliphatic heterocycles. The number of hydrogen-bond acceptors (Lipinski definition) is 5. The zero-order valence-corrected chi connectivity index (χ0v) is 11.5. The Bertz CT molecular complexity index is 560. The molecule has 0 aliphatic rings. The molecule has 0 bridgehead atoms.